The Morgan fingerprint density at radius 2 is 2.14 bits per heavy atom. The van der Waals surface area contributed by atoms with Gasteiger partial charge in [-0.1, -0.05) is 0 Å². The summed E-state index contributed by atoms with van der Waals surface area (Å²) in [7, 11) is 1.92. The number of aromatic amines is 2. The molecule has 0 saturated carbocycles. The predicted molar refractivity (Wildman–Crippen MR) is 84.2 cm³/mol. The minimum atomic E-state index is -0.172. The van der Waals surface area contributed by atoms with Crippen molar-refractivity contribution in [2.75, 3.05) is 38.1 Å². The molecule has 0 unspecified atom stereocenters. The van der Waals surface area contributed by atoms with Crippen LogP contribution >= 0.6 is 0 Å². The van der Waals surface area contributed by atoms with E-state index in [4.69, 9.17) is 4.74 Å². The van der Waals surface area contributed by atoms with Gasteiger partial charge in [-0.05, 0) is 13.8 Å². The smallest absolute Gasteiger partial charge is 0.263 e. The molecule has 2 aromatic heterocycles. The van der Waals surface area contributed by atoms with Crippen molar-refractivity contribution in [2.45, 2.75) is 26.1 Å². The zero-order chi connectivity index (χ0) is 15.7. The van der Waals surface area contributed by atoms with Gasteiger partial charge in [0.15, 0.2) is 5.65 Å². The number of nitrogens with one attached hydrogen (secondary N) is 2. The van der Waals surface area contributed by atoms with Crippen molar-refractivity contribution in [1.29, 1.82) is 0 Å². The van der Waals surface area contributed by atoms with Gasteiger partial charge in [0.2, 0.25) is 5.95 Å². The van der Waals surface area contributed by atoms with E-state index in [-0.39, 0.29) is 17.8 Å². The van der Waals surface area contributed by atoms with Crippen LogP contribution in [0.25, 0.3) is 11.0 Å². The highest BCUT2D eigenvalue weighted by Crippen LogP contribution is 2.11. The van der Waals surface area contributed by atoms with E-state index >= 15 is 0 Å². The first-order valence-corrected chi connectivity index (χ1v) is 7.55. The van der Waals surface area contributed by atoms with E-state index in [1.165, 1.54) is 6.20 Å². The van der Waals surface area contributed by atoms with Gasteiger partial charge in [-0.25, -0.2) is 0 Å². The number of hydrogen-bond acceptors (Lipinski definition) is 6. The van der Waals surface area contributed by atoms with Crippen molar-refractivity contribution in [3.8, 4) is 0 Å². The van der Waals surface area contributed by atoms with Gasteiger partial charge in [-0.3, -0.25) is 19.8 Å². The van der Waals surface area contributed by atoms with Gasteiger partial charge in [-0.2, -0.15) is 10.1 Å². The van der Waals surface area contributed by atoms with Crippen molar-refractivity contribution < 1.29 is 4.74 Å². The highest BCUT2D eigenvalue weighted by Gasteiger charge is 2.22. The SMILES string of the molecule is C[C@@H]1CN(CCN(C)c2nc3[nH]ncc3c(=O)[nH]2)C[C@H](C)O1. The van der Waals surface area contributed by atoms with Gasteiger partial charge in [0.25, 0.3) is 5.56 Å². The summed E-state index contributed by atoms with van der Waals surface area (Å²) in [5, 5.41) is 7.07. The second-order valence-electron chi connectivity index (χ2n) is 5.96. The molecule has 22 heavy (non-hydrogen) atoms. The van der Waals surface area contributed by atoms with Crippen LogP contribution in [0.4, 0.5) is 5.95 Å². The lowest BCUT2D eigenvalue weighted by molar-refractivity contribution is -0.0670. The van der Waals surface area contributed by atoms with Crippen LogP contribution in [0.2, 0.25) is 0 Å². The second-order valence-corrected chi connectivity index (χ2v) is 5.96. The molecule has 2 aromatic rings. The van der Waals surface area contributed by atoms with Crippen molar-refractivity contribution in [3.05, 3.63) is 16.6 Å². The zero-order valence-corrected chi connectivity index (χ0v) is 13.2. The van der Waals surface area contributed by atoms with Crippen molar-refractivity contribution in [3.63, 3.8) is 0 Å². The summed E-state index contributed by atoms with van der Waals surface area (Å²) >= 11 is 0. The zero-order valence-electron chi connectivity index (χ0n) is 13.2. The fourth-order valence-electron chi connectivity index (χ4n) is 2.88. The fraction of sp³-hybridized carbons (Fsp3) is 0.643. The number of likely N-dealkylation sites (N-methyl/N-ethyl adjacent to an activating group) is 1. The molecule has 1 saturated heterocycles. The molecule has 3 heterocycles. The van der Waals surface area contributed by atoms with Crippen LogP contribution in [0.1, 0.15) is 13.8 Å². The lowest BCUT2D eigenvalue weighted by Crippen LogP contribution is -2.47. The Kier molecular flexibility index (Phi) is 4.12. The third kappa shape index (κ3) is 3.12. The van der Waals surface area contributed by atoms with Crippen molar-refractivity contribution >= 4 is 17.0 Å². The van der Waals surface area contributed by atoms with Crippen LogP contribution in [-0.2, 0) is 4.74 Å². The molecule has 8 heteroatoms. The Morgan fingerprint density at radius 1 is 1.41 bits per heavy atom. The topological polar surface area (TPSA) is 90.1 Å². The third-order valence-corrected chi connectivity index (χ3v) is 3.92. The molecule has 1 fully saturated rings. The van der Waals surface area contributed by atoms with Crippen LogP contribution in [0, 0.1) is 0 Å². The second kappa shape index (κ2) is 6.05. The molecular weight excluding hydrogens is 284 g/mol. The molecule has 0 aliphatic carbocycles. The quantitative estimate of drug-likeness (QED) is 0.838. The summed E-state index contributed by atoms with van der Waals surface area (Å²) in [6.45, 7) is 7.74. The lowest BCUT2D eigenvalue weighted by atomic mass is 10.2. The third-order valence-electron chi connectivity index (χ3n) is 3.92. The van der Waals surface area contributed by atoms with Gasteiger partial charge in [0, 0.05) is 33.2 Å². The molecular formula is C14H22N6O2. The molecule has 120 valence electrons. The summed E-state index contributed by atoms with van der Waals surface area (Å²) in [6.07, 6.45) is 2.00. The van der Waals surface area contributed by atoms with Gasteiger partial charge in [-0.15, -0.1) is 0 Å². The predicted octanol–water partition coefficient (Wildman–Crippen LogP) is 0.192. The van der Waals surface area contributed by atoms with E-state index in [1.54, 1.807) is 0 Å². The van der Waals surface area contributed by atoms with Crippen LogP contribution < -0.4 is 10.5 Å². The summed E-state index contributed by atoms with van der Waals surface area (Å²) in [5.41, 5.74) is 0.341. The van der Waals surface area contributed by atoms with E-state index < -0.39 is 0 Å². The molecule has 8 nitrogen and oxygen atoms in total. The van der Waals surface area contributed by atoms with Gasteiger partial charge >= 0.3 is 0 Å². The number of fused-ring (bicyclic) bond motifs is 1. The van der Waals surface area contributed by atoms with Crippen LogP contribution in [0.5, 0.6) is 0 Å². The molecule has 0 radical (unpaired) electrons. The normalized spacial score (nSPS) is 23.0. The van der Waals surface area contributed by atoms with E-state index in [0.29, 0.717) is 17.0 Å². The molecule has 0 spiro atoms. The Hall–Kier alpha value is -1.93. The van der Waals surface area contributed by atoms with Gasteiger partial charge in [0.05, 0.1) is 18.4 Å². The number of morpholine rings is 1. The van der Waals surface area contributed by atoms with E-state index in [1.807, 2.05) is 11.9 Å². The summed E-state index contributed by atoms with van der Waals surface area (Å²) < 4.78 is 5.74. The molecule has 3 rings (SSSR count). The number of aromatic nitrogens is 4. The number of ether oxygens (including phenoxy) is 1. The Bertz CT molecular complexity index is 686. The van der Waals surface area contributed by atoms with Crippen molar-refractivity contribution in [2.24, 2.45) is 0 Å². The van der Waals surface area contributed by atoms with E-state index in [0.717, 1.165) is 26.2 Å². The summed E-state index contributed by atoms with van der Waals surface area (Å²) in [5.74, 6) is 0.552. The van der Waals surface area contributed by atoms with Crippen LogP contribution in [0.3, 0.4) is 0 Å². The molecule has 2 atom stereocenters. The largest absolute Gasteiger partial charge is 0.373 e. The highest BCUT2D eigenvalue weighted by molar-refractivity contribution is 5.73. The maximum Gasteiger partial charge on any atom is 0.263 e. The first kappa shape index (κ1) is 15.0. The number of nitrogens with zero attached hydrogens (tertiary/aromatic N) is 4. The summed E-state index contributed by atoms with van der Waals surface area (Å²) in [6, 6.07) is 0. The van der Waals surface area contributed by atoms with Crippen LogP contribution in [0.15, 0.2) is 11.0 Å². The molecule has 0 amide bonds. The lowest BCUT2D eigenvalue weighted by Gasteiger charge is -2.36. The minimum Gasteiger partial charge on any atom is -0.373 e. The first-order chi connectivity index (χ1) is 10.5. The Morgan fingerprint density at radius 3 is 2.86 bits per heavy atom. The Labute approximate surface area is 128 Å². The molecule has 2 N–H and O–H groups in total. The number of anilines is 1. The highest BCUT2D eigenvalue weighted by atomic mass is 16.5. The van der Waals surface area contributed by atoms with Gasteiger partial charge in [0.1, 0.15) is 5.39 Å². The van der Waals surface area contributed by atoms with E-state index in [2.05, 4.69) is 38.9 Å². The van der Waals surface area contributed by atoms with Crippen LogP contribution in [-0.4, -0.2) is 70.5 Å². The van der Waals surface area contributed by atoms with Gasteiger partial charge < -0.3 is 9.64 Å². The van der Waals surface area contributed by atoms with E-state index in [9.17, 15) is 4.79 Å². The van der Waals surface area contributed by atoms with Crippen molar-refractivity contribution in [1.82, 2.24) is 25.1 Å². The number of rotatable bonds is 4. The molecule has 0 aromatic carbocycles. The number of hydrogen-bond donors (Lipinski definition) is 2. The average Bonchev–Trinajstić information content (AvgIpc) is 2.92. The standard InChI is InChI=1S/C14H22N6O2/c1-9-7-20(8-10(2)22-9)5-4-19(3)14-16-12-11(6-15-18-12)13(21)17-14/h6,9-10H,4-5,7-8H2,1-3H3,(H2,15,16,17,18,21)/t9-,10+. The molecule has 1 aliphatic heterocycles. The average molecular weight is 306 g/mol. The summed E-state index contributed by atoms with van der Waals surface area (Å²) in [4.78, 5) is 23.5. The maximum absolute atomic E-state index is 11.9. The minimum absolute atomic E-state index is 0.172. The fourth-order valence-corrected chi connectivity index (χ4v) is 2.88. The molecule has 0 bridgehead atoms. The monoisotopic (exact) mass is 306 g/mol. The molecule has 1 aliphatic rings. The first-order valence-electron chi connectivity index (χ1n) is 7.55. The Balaban J connectivity index is 1.65. The maximum atomic E-state index is 11.9. The number of H-pyrrole nitrogens is 2.